The molecule has 0 spiro atoms. The van der Waals surface area contributed by atoms with Gasteiger partial charge in [0.25, 0.3) is 0 Å². The highest BCUT2D eigenvalue weighted by Gasteiger charge is 2.47. The lowest BCUT2D eigenvalue weighted by molar-refractivity contribution is 0.609. The predicted molar refractivity (Wildman–Crippen MR) is 358 cm³/mol. The summed E-state index contributed by atoms with van der Waals surface area (Å²) in [7, 11) is 0. The van der Waals surface area contributed by atoms with Crippen molar-refractivity contribution in [2.75, 3.05) is 4.90 Å². The van der Waals surface area contributed by atoms with Gasteiger partial charge in [0.15, 0.2) is 17.5 Å². The molecule has 2 heterocycles. The monoisotopic (exact) mass is 1100 g/mol. The maximum Gasteiger partial charge on any atom is 0.164 e. The van der Waals surface area contributed by atoms with Crippen molar-refractivity contribution in [3.63, 3.8) is 0 Å². The molecule has 0 fully saturated rings. The van der Waals surface area contributed by atoms with E-state index in [0.29, 0.717) is 17.5 Å². The Kier molecular flexibility index (Phi) is 13.4. The summed E-state index contributed by atoms with van der Waals surface area (Å²) in [5.41, 5.74) is 25.5. The van der Waals surface area contributed by atoms with E-state index in [2.05, 4.69) is 333 Å². The number of nitrogens with zero attached hydrogens (tertiary/aromatic N) is 4. The van der Waals surface area contributed by atoms with Gasteiger partial charge in [0.05, 0.1) is 5.54 Å². The van der Waals surface area contributed by atoms with Crippen LogP contribution in [0, 0.1) is 0 Å². The minimum atomic E-state index is -0.367. The maximum atomic E-state index is 5.47. The van der Waals surface area contributed by atoms with E-state index >= 15 is 0 Å². The Morgan fingerprint density at radius 1 is 0.279 bits per heavy atom. The summed E-state index contributed by atoms with van der Waals surface area (Å²) in [4.78, 5) is 18.9. The Labute approximate surface area is 503 Å². The molecule has 0 amide bonds. The van der Waals surface area contributed by atoms with E-state index in [1.54, 1.807) is 0 Å². The molecule has 15 rings (SSSR count). The molecule has 0 N–H and O–H groups in total. The van der Waals surface area contributed by atoms with Crippen molar-refractivity contribution < 1.29 is 0 Å². The van der Waals surface area contributed by atoms with Crippen LogP contribution in [0.5, 0.6) is 0 Å². The van der Waals surface area contributed by atoms with Gasteiger partial charge in [-0.1, -0.05) is 243 Å². The third kappa shape index (κ3) is 9.93. The molecule has 406 valence electrons. The number of hydrogen-bond acceptors (Lipinski definition) is 4. The van der Waals surface area contributed by atoms with Crippen LogP contribution >= 0.6 is 0 Å². The lowest BCUT2D eigenvalue weighted by Crippen LogP contribution is -2.40. The summed E-state index contributed by atoms with van der Waals surface area (Å²) in [6.07, 6.45) is 5.53. The summed E-state index contributed by atoms with van der Waals surface area (Å²) < 4.78 is 0. The van der Waals surface area contributed by atoms with Crippen molar-refractivity contribution in [1.82, 2.24) is 15.0 Å². The number of fused-ring (bicyclic) bond motifs is 3. The highest BCUT2D eigenvalue weighted by molar-refractivity contribution is 6.10. The first-order valence-electron chi connectivity index (χ1n) is 29.5. The van der Waals surface area contributed by atoms with Crippen LogP contribution in [0.4, 0.5) is 11.4 Å². The average molecular weight is 1100 g/mol. The number of aromatic nitrogens is 3. The van der Waals surface area contributed by atoms with Crippen molar-refractivity contribution in [2.45, 2.75) is 18.9 Å². The zero-order valence-electron chi connectivity index (χ0n) is 47.6. The lowest BCUT2D eigenvalue weighted by atomic mass is 9.77. The number of anilines is 2. The fourth-order valence-corrected chi connectivity index (χ4v) is 12.8. The Morgan fingerprint density at radius 3 is 0.988 bits per heavy atom. The quantitative estimate of drug-likeness (QED) is 0.122. The number of benzene rings is 12. The zero-order chi connectivity index (χ0) is 57.4. The van der Waals surface area contributed by atoms with Crippen LogP contribution in [0.1, 0.15) is 24.5 Å². The smallest absolute Gasteiger partial charge is 0.164 e. The molecule has 1 aliphatic heterocycles. The molecule has 0 bridgehead atoms. The standard InChI is InChI=1S/C82H58N4/c1-82-45-23-42-75(78(82)76-55-63(56-24-8-2-9-25-56)43-44-77(76)86(82)74-40-18-7-19-41-74)64-36-22-39-67(48-64)81-84-79(65-37-20-34-61(46-65)72-51-68(57-26-10-3-11-27-57)49-69(52-72)58-28-12-4-13-29-58)83-80(85-81)66-38-21-35-62(47-66)73-53-70(59-30-14-5-15-31-59)50-71(54-73)60-32-16-6-17-33-60/h2-44,46-55H,45H2,1H3. The largest absolute Gasteiger partial charge is 0.331 e. The Bertz CT molecular complexity index is 4410. The molecule has 1 aliphatic carbocycles. The Balaban J connectivity index is 0.894. The first-order valence-corrected chi connectivity index (χ1v) is 29.5. The van der Waals surface area contributed by atoms with Gasteiger partial charge in [-0.2, -0.15) is 0 Å². The van der Waals surface area contributed by atoms with E-state index < -0.39 is 0 Å². The van der Waals surface area contributed by atoms with Gasteiger partial charge in [-0.25, -0.2) is 15.0 Å². The number of rotatable bonds is 12. The second-order valence-electron chi connectivity index (χ2n) is 22.5. The Morgan fingerprint density at radius 2 is 0.581 bits per heavy atom. The van der Waals surface area contributed by atoms with Gasteiger partial charge in [0.2, 0.25) is 0 Å². The molecule has 86 heavy (non-hydrogen) atoms. The second kappa shape index (κ2) is 22.3. The normalized spacial score (nSPS) is 14.2. The summed E-state index contributed by atoms with van der Waals surface area (Å²) in [5.74, 6) is 1.77. The van der Waals surface area contributed by atoms with Crippen molar-refractivity contribution in [2.24, 2.45) is 0 Å². The topological polar surface area (TPSA) is 41.9 Å². The molecule has 1 unspecified atom stereocenters. The van der Waals surface area contributed by atoms with E-state index in [-0.39, 0.29) is 5.54 Å². The van der Waals surface area contributed by atoms with Gasteiger partial charge >= 0.3 is 0 Å². The molecule has 2 aliphatic rings. The third-order valence-corrected chi connectivity index (χ3v) is 17.0. The van der Waals surface area contributed by atoms with Crippen molar-refractivity contribution in [3.8, 4) is 112 Å². The summed E-state index contributed by atoms with van der Waals surface area (Å²) >= 11 is 0. The van der Waals surface area contributed by atoms with E-state index in [1.807, 2.05) is 0 Å². The first kappa shape index (κ1) is 51.8. The van der Waals surface area contributed by atoms with Gasteiger partial charge in [-0.05, 0) is 187 Å². The van der Waals surface area contributed by atoms with Crippen molar-refractivity contribution in [1.29, 1.82) is 0 Å². The first-order chi connectivity index (χ1) is 42.5. The van der Waals surface area contributed by atoms with E-state index in [9.17, 15) is 0 Å². The van der Waals surface area contributed by atoms with Gasteiger partial charge in [0, 0.05) is 33.6 Å². The van der Waals surface area contributed by atoms with E-state index in [1.165, 1.54) is 39.2 Å². The highest BCUT2D eigenvalue weighted by atomic mass is 15.2. The van der Waals surface area contributed by atoms with Crippen LogP contribution in [-0.2, 0) is 0 Å². The van der Waals surface area contributed by atoms with Crippen molar-refractivity contribution in [3.05, 3.63) is 333 Å². The minimum Gasteiger partial charge on any atom is -0.331 e. The molecule has 0 saturated heterocycles. The van der Waals surface area contributed by atoms with Crippen LogP contribution in [0.2, 0.25) is 0 Å². The second-order valence-corrected chi connectivity index (χ2v) is 22.5. The van der Waals surface area contributed by atoms with E-state index in [0.717, 1.165) is 95.4 Å². The molecule has 0 saturated carbocycles. The zero-order valence-corrected chi connectivity index (χ0v) is 47.6. The average Bonchev–Trinajstić information content (AvgIpc) is 1.84. The van der Waals surface area contributed by atoms with Gasteiger partial charge in [-0.3, -0.25) is 0 Å². The summed E-state index contributed by atoms with van der Waals surface area (Å²) in [6, 6.07) is 111. The number of hydrogen-bond donors (Lipinski definition) is 0. The molecule has 1 atom stereocenters. The summed E-state index contributed by atoms with van der Waals surface area (Å²) in [5, 5.41) is 0. The fraction of sp³-hybridized carbons (Fsp3) is 0.0366. The minimum absolute atomic E-state index is 0.367. The van der Waals surface area contributed by atoms with Crippen LogP contribution in [0.25, 0.3) is 123 Å². The lowest BCUT2D eigenvalue weighted by Gasteiger charge is -2.40. The number of para-hydroxylation sites is 1. The Hall–Kier alpha value is -11.1. The van der Waals surface area contributed by atoms with Crippen molar-refractivity contribution >= 4 is 22.5 Å². The highest BCUT2D eigenvalue weighted by Crippen LogP contribution is 2.57. The summed E-state index contributed by atoms with van der Waals surface area (Å²) in [6.45, 7) is 2.40. The van der Waals surface area contributed by atoms with Crippen LogP contribution < -0.4 is 4.90 Å². The molecule has 1 aromatic heterocycles. The fourth-order valence-electron chi connectivity index (χ4n) is 12.8. The molecule has 12 aromatic carbocycles. The predicted octanol–water partition coefficient (Wildman–Crippen LogP) is 21.3. The van der Waals surface area contributed by atoms with E-state index in [4.69, 9.17) is 15.0 Å². The van der Waals surface area contributed by atoms with Crippen LogP contribution in [-0.4, -0.2) is 20.5 Å². The molecular weight excluding hydrogens is 1040 g/mol. The molecular formula is C82H58N4. The van der Waals surface area contributed by atoms with Crippen LogP contribution in [0.3, 0.4) is 0 Å². The third-order valence-electron chi connectivity index (χ3n) is 17.0. The molecule has 4 nitrogen and oxygen atoms in total. The maximum absolute atomic E-state index is 5.47. The SMILES string of the molecule is CC12CC=CC(c3cccc(-c4nc(-c5cccc(-c6cc(-c7ccccc7)cc(-c7ccccc7)c6)c5)nc(-c5cccc(-c6cc(-c7ccccc7)cc(-c7ccccc7)c6)c5)n4)c3)=C1c1cc(-c3ccccc3)ccc1N2c1ccccc1. The number of allylic oxidation sites excluding steroid dienone is 2. The van der Waals surface area contributed by atoms with Gasteiger partial charge in [0.1, 0.15) is 0 Å². The van der Waals surface area contributed by atoms with Gasteiger partial charge < -0.3 is 4.90 Å². The van der Waals surface area contributed by atoms with Crippen LogP contribution in [0.15, 0.2) is 322 Å². The molecule has 0 radical (unpaired) electrons. The molecule has 13 aromatic rings. The molecule has 4 heteroatoms. The van der Waals surface area contributed by atoms with Gasteiger partial charge in [-0.15, -0.1) is 0 Å².